The molecule has 0 spiro atoms. The fourth-order valence-corrected chi connectivity index (χ4v) is 4.20. The Hall–Kier alpha value is -3.83. The summed E-state index contributed by atoms with van der Waals surface area (Å²) in [7, 11) is 0. The molecule has 142 valence electrons. The third-order valence-corrected chi connectivity index (χ3v) is 5.58. The number of terminal acetylenes is 1. The third kappa shape index (κ3) is 2.80. The summed E-state index contributed by atoms with van der Waals surface area (Å²) < 4.78 is 18.8. The number of nitrogens with zero attached hydrogens (tertiary/aromatic N) is 2. The van der Waals surface area contributed by atoms with Gasteiger partial charge in [0.2, 0.25) is 12.2 Å². The molecule has 8 heteroatoms. The number of para-hydroxylation sites is 1. The molecule has 3 heterocycles. The zero-order valence-corrected chi connectivity index (χ0v) is 15.7. The van der Waals surface area contributed by atoms with Gasteiger partial charge in [-0.05, 0) is 12.1 Å². The second-order valence-electron chi connectivity index (χ2n) is 6.24. The van der Waals surface area contributed by atoms with E-state index in [4.69, 9.17) is 20.3 Å². The summed E-state index contributed by atoms with van der Waals surface area (Å²) in [5, 5.41) is 0.326. The van der Waals surface area contributed by atoms with E-state index in [1.54, 1.807) is 34.9 Å². The van der Waals surface area contributed by atoms with Gasteiger partial charge in [0.1, 0.15) is 17.4 Å². The van der Waals surface area contributed by atoms with Gasteiger partial charge in [0.05, 0.1) is 22.1 Å². The molecule has 2 aromatic carbocycles. The van der Waals surface area contributed by atoms with Crippen LogP contribution in [-0.2, 0) is 6.54 Å². The zero-order valence-electron chi connectivity index (χ0n) is 14.9. The maximum atomic E-state index is 12.8. The molecule has 0 saturated heterocycles. The van der Waals surface area contributed by atoms with Crippen molar-refractivity contribution in [1.29, 1.82) is 0 Å². The molecule has 0 atom stereocenters. The largest absolute Gasteiger partial charge is 0.463 e. The fourth-order valence-electron chi connectivity index (χ4n) is 3.16. The molecule has 0 aliphatic carbocycles. The van der Waals surface area contributed by atoms with Crippen LogP contribution in [0, 0.1) is 12.3 Å². The van der Waals surface area contributed by atoms with Crippen molar-refractivity contribution in [2.75, 3.05) is 6.79 Å². The molecule has 5 rings (SSSR count). The number of fused-ring (bicyclic) bond motifs is 3. The summed E-state index contributed by atoms with van der Waals surface area (Å²) in [5.41, 5.74) is 0.621. The van der Waals surface area contributed by atoms with Crippen molar-refractivity contribution in [1.82, 2.24) is 4.57 Å². The minimum absolute atomic E-state index is 0.137. The Morgan fingerprint density at radius 1 is 1.24 bits per heavy atom. The average Bonchev–Trinajstić information content (AvgIpc) is 3.31. The van der Waals surface area contributed by atoms with E-state index in [9.17, 15) is 9.59 Å². The van der Waals surface area contributed by atoms with Gasteiger partial charge in [-0.25, -0.2) is 0 Å². The van der Waals surface area contributed by atoms with E-state index in [1.165, 1.54) is 11.3 Å². The van der Waals surface area contributed by atoms with Crippen LogP contribution >= 0.6 is 11.3 Å². The molecule has 0 bridgehead atoms. The molecule has 0 unspecified atom stereocenters. The number of hydrogen-bond acceptors (Lipinski definition) is 6. The molecule has 0 saturated carbocycles. The Morgan fingerprint density at radius 2 is 2.03 bits per heavy atom. The quantitative estimate of drug-likeness (QED) is 0.480. The van der Waals surface area contributed by atoms with Crippen LogP contribution in [0.2, 0.25) is 0 Å². The Labute approximate surface area is 167 Å². The second-order valence-corrected chi connectivity index (χ2v) is 7.25. The Kier molecular flexibility index (Phi) is 3.96. The molecule has 1 aliphatic heterocycles. The smallest absolute Gasteiger partial charge is 0.286 e. The van der Waals surface area contributed by atoms with E-state index < -0.39 is 11.3 Å². The van der Waals surface area contributed by atoms with E-state index in [1.807, 2.05) is 6.07 Å². The summed E-state index contributed by atoms with van der Waals surface area (Å²) >= 11 is 1.27. The number of ether oxygens (including phenoxy) is 2. The first-order valence-electron chi connectivity index (χ1n) is 8.62. The van der Waals surface area contributed by atoms with Crippen molar-refractivity contribution in [3.05, 3.63) is 63.2 Å². The van der Waals surface area contributed by atoms with E-state index >= 15 is 0 Å². The summed E-state index contributed by atoms with van der Waals surface area (Å²) in [5.74, 6) is 3.10. The lowest BCUT2D eigenvalue weighted by atomic mass is 10.2. The molecule has 0 fully saturated rings. The van der Waals surface area contributed by atoms with Crippen molar-refractivity contribution in [2.24, 2.45) is 4.99 Å². The Bertz CT molecular complexity index is 1470. The second kappa shape index (κ2) is 6.65. The third-order valence-electron chi connectivity index (χ3n) is 4.53. The van der Waals surface area contributed by atoms with Crippen molar-refractivity contribution < 1.29 is 18.7 Å². The molecule has 2 aromatic heterocycles. The summed E-state index contributed by atoms with van der Waals surface area (Å²) in [4.78, 5) is 30.0. The van der Waals surface area contributed by atoms with Crippen molar-refractivity contribution >= 4 is 38.4 Å². The van der Waals surface area contributed by atoms with Gasteiger partial charge in [0, 0.05) is 12.1 Å². The van der Waals surface area contributed by atoms with Gasteiger partial charge < -0.3 is 18.5 Å². The first-order chi connectivity index (χ1) is 14.2. The van der Waals surface area contributed by atoms with Crippen molar-refractivity contribution in [2.45, 2.75) is 6.54 Å². The number of hydrogen-bond donors (Lipinski definition) is 0. The molecule has 1 aliphatic rings. The fraction of sp³-hybridized carbons (Fsp3) is 0.0952. The molecule has 0 N–H and O–H groups in total. The van der Waals surface area contributed by atoms with Crippen molar-refractivity contribution in [3.8, 4) is 23.8 Å². The lowest BCUT2D eigenvalue weighted by Crippen LogP contribution is -2.19. The van der Waals surface area contributed by atoms with E-state index in [0.29, 0.717) is 27.3 Å². The van der Waals surface area contributed by atoms with Crippen LogP contribution in [-0.4, -0.2) is 17.3 Å². The number of thiazole rings is 1. The molecule has 1 amide bonds. The normalized spacial score (nSPS) is 13.1. The van der Waals surface area contributed by atoms with E-state index in [0.717, 1.165) is 16.5 Å². The van der Waals surface area contributed by atoms with Gasteiger partial charge in [0.25, 0.3) is 5.91 Å². The maximum absolute atomic E-state index is 12.8. The molecule has 29 heavy (non-hydrogen) atoms. The van der Waals surface area contributed by atoms with Crippen LogP contribution < -0.4 is 19.7 Å². The van der Waals surface area contributed by atoms with Crippen LogP contribution in [0.5, 0.6) is 11.5 Å². The van der Waals surface area contributed by atoms with Gasteiger partial charge in [-0.3, -0.25) is 9.59 Å². The van der Waals surface area contributed by atoms with E-state index in [2.05, 4.69) is 10.9 Å². The zero-order chi connectivity index (χ0) is 20.0. The van der Waals surface area contributed by atoms with Crippen LogP contribution in [0.4, 0.5) is 0 Å². The Morgan fingerprint density at radius 3 is 2.86 bits per heavy atom. The van der Waals surface area contributed by atoms with Gasteiger partial charge in [-0.15, -0.1) is 6.42 Å². The topological polar surface area (TPSA) is 83.0 Å². The van der Waals surface area contributed by atoms with Crippen LogP contribution in [0.1, 0.15) is 10.4 Å². The minimum atomic E-state index is -0.693. The predicted octanol–water partition coefficient (Wildman–Crippen LogP) is 2.91. The number of carbonyl (C=O) groups excluding carboxylic acids is 1. The highest BCUT2D eigenvalue weighted by Gasteiger charge is 2.19. The number of benzene rings is 2. The molecule has 7 nitrogen and oxygen atoms in total. The predicted molar refractivity (Wildman–Crippen MR) is 107 cm³/mol. The minimum Gasteiger partial charge on any atom is -0.463 e. The number of rotatable bonds is 2. The summed E-state index contributed by atoms with van der Waals surface area (Å²) in [6, 6.07) is 10.4. The van der Waals surface area contributed by atoms with E-state index in [-0.39, 0.29) is 18.9 Å². The highest BCUT2D eigenvalue weighted by Crippen LogP contribution is 2.36. The van der Waals surface area contributed by atoms with Crippen LogP contribution in [0.25, 0.3) is 21.2 Å². The highest BCUT2D eigenvalue weighted by atomic mass is 32.1. The number of amides is 1. The SMILES string of the molecule is C#CCn1c(=NC(=O)c2coc3ccccc3c2=O)sc2cc3c(cc21)OCO3. The van der Waals surface area contributed by atoms with Gasteiger partial charge >= 0.3 is 0 Å². The maximum Gasteiger partial charge on any atom is 0.286 e. The first-order valence-corrected chi connectivity index (χ1v) is 9.43. The van der Waals surface area contributed by atoms with Crippen molar-refractivity contribution in [3.63, 3.8) is 0 Å². The monoisotopic (exact) mass is 404 g/mol. The lowest BCUT2D eigenvalue weighted by Gasteiger charge is -2.01. The number of aromatic nitrogens is 1. The molecular weight excluding hydrogens is 392 g/mol. The lowest BCUT2D eigenvalue weighted by molar-refractivity contribution is 0.0995. The van der Waals surface area contributed by atoms with Crippen LogP contribution in [0.15, 0.2) is 56.9 Å². The summed E-state index contributed by atoms with van der Waals surface area (Å²) in [6.07, 6.45) is 6.65. The molecular formula is C21H12N2O5S. The van der Waals surface area contributed by atoms with Gasteiger partial charge in [-0.1, -0.05) is 29.4 Å². The van der Waals surface area contributed by atoms with Gasteiger partial charge in [0.15, 0.2) is 16.3 Å². The first kappa shape index (κ1) is 17.3. The van der Waals surface area contributed by atoms with Crippen LogP contribution in [0.3, 0.4) is 0 Å². The standard InChI is InChI=1S/C21H12N2O5S/c1-2-7-23-14-8-16-17(28-11-27-16)9-18(14)29-21(23)22-20(25)13-10-26-15-6-4-3-5-12(15)19(13)24/h1,3-6,8-10H,7,11H2. The molecule has 0 radical (unpaired) electrons. The highest BCUT2D eigenvalue weighted by molar-refractivity contribution is 7.16. The Balaban J connectivity index is 1.68. The molecule has 4 aromatic rings. The van der Waals surface area contributed by atoms with Gasteiger partial charge in [-0.2, -0.15) is 4.99 Å². The number of carbonyl (C=O) groups is 1. The average molecular weight is 404 g/mol. The summed E-state index contributed by atoms with van der Waals surface area (Å²) in [6.45, 7) is 0.368.